The van der Waals surface area contributed by atoms with E-state index in [0.717, 1.165) is 29.8 Å². The third-order valence-electron chi connectivity index (χ3n) is 10.4. The Morgan fingerprint density at radius 2 is 1.76 bits per heavy atom. The molecule has 1 aliphatic carbocycles. The fraction of sp³-hybridized carbons (Fsp3) is 0.500. The Labute approximate surface area is 312 Å². The number of rotatable bonds is 11. The van der Waals surface area contributed by atoms with Gasteiger partial charge in [-0.25, -0.2) is 14.4 Å². The molecule has 4 N–H and O–H groups in total. The number of hydrogen-bond acceptors (Lipinski definition) is 9. The van der Waals surface area contributed by atoms with Gasteiger partial charge >= 0.3 is 0 Å². The Morgan fingerprint density at radius 1 is 1.00 bits per heavy atom. The molecular formula is C38H47FN10O5. The number of anilines is 2. The first-order chi connectivity index (χ1) is 25.9. The Morgan fingerprint density at radius 3 is 2.41 bits per heavy atom. The highest BCUT2D eigenvalue weighted by Gasteiger charge is 2.38. The van der Waals surface area contributed by atoms with Crippen molar-refractivity contribution in [2.45, 2.75) is 77.4 Å². The molecule has 3 aliphatic rings. The molecule has 2 saturated heterocycles. The van der Waals surface area contributed by atoms with Crippen LogP contribution in [-0.4, -0.2) is 119 Å². The molecule has 4 amide bonds. The number of likely N-dealkylation sites (tertiary alicyclic amines) is 1. The summed E-state index contributed by atoms with van der Waals surface area (Å²) in [5.74, 6) is -0.823. The Kier molecular flexibility index (Phi) is 10.4. The number of hydrogen-bond donors (Lipinski definition) is 4. The van der Waals surface area contributed by atoms with Crippen LogP contribution in [0.4, 0.5) is 15.9 Å². The van der Waals surface area contributed by atoms with Crippen LogP contribution in [0.5, 0.6) is 0 Å². The molecule has 1 saturated carbocycles. The highest BCUT2D eigenvalue weighted by Crippen LogP contribution is 2.40. The van der Waals surface area contributed by atoms with Crippen LogP contribution in [-0.2, 0) is 14.4 Å². The van der Waals surface area contributed by atoms with Crippen LogP contribution in [0.25, 0.3) is 16.9 Å². The highest BCUT2D eigenvalue weighted by molar-refractivity contribution is 5.95. The van der Waals surface area contributed by atoms with Gasteiger partial charge in [0.1, 0.15) is 11.9 Å². The number of aromatic amines is 1. The number of fused-ring (bicyclic) bond motifs is 1. The van der Waals surface area contributed by atoms with Gasteiger partial charge in [0.05, 0.1) is 35.6 Å². The fourth-order valence-corrected chi connectivity index (χ4v) is 7.05. The van der Waals surface area contributed by atoms with Crippen molar-refractivity contribution in [2.24, 2.45) is 5.41 Å². The summed E-state index contributed by atoms with van der Waals surface area (Å²) in [6.45, 7) is 7.59. The molecule has 7 rings (SSSR count). The number of carbonyl (C=O) groups is 4. The van der Waals surface area contributed by atoms with Crippen LogP contribution in [0.15, 0.2) is 43.0 Å². The third kappa shape index (κ3) is 8.07. The van der Waals surface area contributed by atoms with E-state index in [1.54, 1.807) is 39.4 Å². The van der Waals surface area contributed by atoms with Crippen LogP contribution < -0.4 is 10.6 Å². The maximum atomic E-state index is 15.5. The molecule has 4 aromatic rings. The summed E-state index contributed by atoms with van der Waals surface area (Å²) in [6, 6.07) is 3.57. The Bertz CT molecular complexity index is 2030. The van der Waals surface area contributed by atoms with Crippen molar-refractivity contribution < 1.29 is 28.7 Å². The molecule has 5 heterocycles. The van der Waals surface area contributed by atoms with Crippen LogP contribution in [0.2, 0.25) is 0 Å². The van der Waals surface area contributed by atoms with Gasteiger partial charge in [0, 0.05) is 81.5 Å². The number of amides is 4. The van der Waals surface area contributed by atoms with Gasteiger partial charge in [-0.15, -0.1) is 0 Å². The molecular weight excluding hydrogens is 695 g/mol. The molecule has 3 aromatic heterocycles. The predicted molar refractivity (Wildman–Crippen MR) is 197 cm³/mol. The minimum atomic E-state index is -0.742. The zero-order valence-electron chi connectivity index (χ0n) is 30.8. The smallest absolute Gasteiger partial charge is 0.254 e. The number of aromatic nitrogens is 5. The Balaban J connectivity index is 0.905. The van der Waals surface area contributed by atoms with Crippen molar-refractivity contribution in [3.05, 3.63) is 60.1 Å². The van der Waals surface area contributed by atoms with Gasteiger partial charge in [-0.2, -0.15) is 5.10 Å². The number of imidazole rings is 1. The lowest BCUT2D eigenvalue weighted by Crippen LogP contribution is -2.54. The SMILES string of the molecule is CC(C)(C)[C@H](NC(=O)CCCC(=O)N1CCN(C(=O)c2ccc(Nc3nc(C4CC4)cn4c(-c5cn[nH]c5)cnc34)c(F)c2)CC1)C(=O)N1CC[C@@H](O)C1. The third-order valence-corrected chi connectivity index (χ3v) is 10.4. The Hall–Kier alpha value is -5.38. The standard InChI is InChI=1S/C38H47FN10O5/c1-38(2,3)33(37(54)48-12-11-26(50)21-48)45-31(51)5-4-6-32(52)46-13-15-47(16-14-46)36(53)24-9-10-28(27(39)17-24)43-34-35-40-20-30(25-18-41-42-19-25)49(35)22-29(44-34)23-7-8-23/h9-10,17-20,22-23,26,33,50H,4-8,11-16,21H2,1-3H3,(H,41,42)(H,43,44)(H,45,51)/t26-,33-/m1/s1. The van der Waals surface area contributed by atoms with Crippen molar-refractivity contribution >= 4 is 40.8 Å². The summed E-state index contributed by atoms with van der Waals surface area (Å²) in [4.78, 5) is 66.5. The molecule has 0 spiro atoms. The number of aliphatic hydroxyl groups is 1. The van der Waals surface area contributed by atoms with E-state index in [0.29, 0.717) is 62.9 Å². The van der Waals surface area contributed by atoms with Gasteiger partial charge in [-0.05, 0) is 49.3 Å². The highest BCUT2D eigenvalue weighted by atomic mass is 19.1. The normalized spacial score (nSPS) is 18.2. The maximum absolute atomic E-state index is 15.5. The molecule has 2 atom stereocenters. The zero-order chi connectivity index (χ0) is 38.1. The summed E-state index contributed by atoms with van der Waals surface area (Å²) in [5, 5.41) is 22.7. The van der Waals surface area contributed by atoms with E-state index in [1.165, 1.54) is 12.1 Å². The second kappa shape index (κ2) is 15.2. The molecule has 16 heteroatoms. The summed E-state index contributed by atoms with van der Waals surface area (Å²) >= 11 is 0. The largest absolute Gasteiger partial charge is 0.391 e. The van der Waals surface area contributed by atoms with Gasteiger partial charge < -0.3 is 30.4 Å². The first-order valence-electron chi connectivity index (χ1n) is 18.6. The molecule has 2 aliphatic heterocycles. The van der Waals surface area contributed by atoms with Crippen LogP contribution in [0.3, 0.4) is 0 Å². The zero-order valence-corrected chi connectivity index (χ0v) is 30.8. The summed E-state index contributed by atoms with van der Waals surface area (Å²) in [7, 11) is 0. The lowest BCUT2D eigenvalue weighted by atomic mass is 9.85. The number of halogens is 1. The van der Waals surface area contributed by atoms with Crippen molar-refractivity contribution in [1.29, 1.82) is 0 Å². The molecule has 0 radical (unpaired) electrons. The van der Waals surface area contributed by atoms with Crippen LogP contribution in [0, 0.1) is 11.2 Å². The molecule has 3 fully saturated rings. The number of H-pyrrole nitrogens is 1. The van der Waals surface area contributed by atoms with Gasteiger partial charge in [0.15, 0.2) is 11.5 Å². The second-order valence-corrected chi connectivity index (χ2v) is 15.6. The van der Waals surface area contributed by atoms with E-state index in [1.807, 2.05) is 31.4 Å². The second-order valence-electron chi connectivity index (χ2n) is 15.6. The van der Waals surface area contributed by atoms with E-state index in [9.17, 15) is 24.3 Å². The summed E-state index contributed by atoms with van der Waals surface area (Å²) in [5.41, 5.74) is 2.95. The first kappa shape index (κ1) is 37.0. The monoisotopic (exact) mass is 742 g/mol. The molecule has 54 heavy (non-hydrogen) atoms. The molecule has 1 aromatic carbocycles. The minimum absolute atomic E-state index is 0.0877. The average Bonchev–Trinajstić information content (AvgIpc) is 3.45. The van der Waals surface area contributed by atoms with Crippen molar-refractivity contribution in [3.63, 3.8) is 0 Å². The van der Waals surface area contributed by atoms with E-state index in [4.69, 9.17) is 4.98 Å². The lowest BCUT2D eigenvalue weighted by molar-refractivity contribution is -0.139. The molecule has 15 nitrogen and oxygen atoms in total. The molecule has 0 bridgehead atoms. The van der Waals surface area contributed by atoms with Gasteiger partial charge in [-0.3, -0.25) is 28.7 Å². The van der Waals surface area contributed by atoms with E-state index in [2.05, 4.69) is 25.8 Å². The van der Waals surface area contributed by atoms with E-state index >= 15 is 4.39 Å². The number of piperazine rings is 1. The number of carbonyl (C=O) groups excluding carboxylic acids is 4. The van der Waals surface area contributed by atoms with Gasteiger partial charge in [-0.1, -0.05) is 20.8 Å². The van der Waals surface area contributed by atoms with Crippen LogP contribution in [0.1, 0.15) is 81.3 Å². The topological polar surface area (TPSA) is 181 Å². The summed E-state index contributed by atoms with van der Waals surface area (Å²) in [6.07, 6.45) is 9.79. The van der Waals surface area contributed by atoms with E-state index < -0.39 is 23.4 Å². The number of benzene rings is 1. The van der Waals surface area contributed by atoms with Gasteiger partial charge in [0.2, 0.25) is 17.7 Å². The fourth-order valence-electron chi connectivity index (χ4n) is 7.05. The molecule has 0 unspecified atom stereocenters. The number of β-amino-alcohol motifs (C(OH)–C–C–N with tert-alkyl or cyclic N) is 1. The van der Waals surface area contributed by atoms with Crippen molar-refractivity contribution in [2.75, 3.05) is 44.6 Å². The average molecular weight is 743 g/mol. The van der Waals surface area contributed by atoms with Crippen molar-refractivity contribution in [1.82, 2.24) is 44.6 Å². The summed E-state index contributed by atoms with van der Waals surface area (Å²) < 4.78 is 17.5. The number of nitrogens with zero attached hydrogens (tertiary/aromatic N) is 7. The van der Waals surface area contributed by atoms with E-state index in [-0.39, 0.29) is 54.3 Å². The lowest BCUT2D eigenvalue weighted by Gasteiger charge is -2.35. The van der Waals surface area contributed by atoms with Crippen molar-refractivity contribution in [3.8, 4) is 11.3 Å². The van der Waals surface area contributed by atoms with Gasteiger partial charge in [0.25, 0.3) is 5.91 Å². The minimum Gasteiger partial charge on any atom is -0.391 e. The predicted octanol–water partition coefficient (Wildman–Crippen LogP) is 3.46. The first-order valence-corrected chi connectivity index (χ1v) is 18.6. The number of aliphatic hydroxyl groups excluding tert-OH is 1. The molecule has 286 valence electrons. The maximum Gasteiger partial charge on any atom is 0.254 e. The number of nitrogens with one attached hydrogen (secondary N) is 3. The quantitative estimate of drug-likeness (QED) is 0.179. The van der Waals surface area contributed by atoms with Crippen LogP contribution >= 0.6 is 0 Å².